The maximum absolute atomic E-state index is 13.6. The molecule has 2 saturated heterocycles. The minimum Gasteiger partial charge on any atom is -0.465 e. The third-order valence-corrected chi connectivity index (χ3v) is 9.50. The Bertz CT molecular complexity index is 1920. The van der Waals surface area contributed by atoms with E-state index in [4.69, 9.17) is 9.84 Å². The van der Waals surface area contributed by atoms with Crippen molar-refractivity contribution in [3.05, 3.63) is 83.9 Å². The van der Waals surface area contributed by atoms with Crippen LogP contribution in [-0.4, -0.2) is 91.0 Å². The molecule has 1 unspecified atom stereocenters. The van der Waals surface area contributed by atoms with Gasteiger partial charge in [-0.2, -0.15) is 5.10 Å². The van der Waals surface area contributed by atoms with Gasteiger partial charge in [-0.15, -0.1) is 0 Å². The lowest BCUT2D eigenvalue weighted by molar-refractivity contribution is -0.0365. The number of H-pyrrole nitrogens is 1. The molecule has 0 spiro atoms. The Morgan fingerprint density at radius 2 is 1.85 bits per heavy atom. The highest BCUT2D eigenvalue weighted by molar-refractivity contribution is 5.97. The predicted molar refractivity (Wildman–Crippen MR) is 183 cm³/mol. The van der Waals surface area contributed by atoms with Gasteiger partial charge in [-0.1, -0.05) is 24.3 Å². The third-order valence-electron chi connectivity index (χ3n) is 9.50. The smallest absolute Gasteiger partial charge is 0.407 e. The Morgan fingerprint density at radius 3 is 2.58 bits per heavy atom. The number of ether oxygens (including phenoxy) is 1. The number of aromatic amines is 1. The molecule has 2 aromatic carbocycles. The molecule has 2 N–H and O–H groups in total. The molecule has 5 heterocycles. The normalized spacial score (nSPS) is 16.8. The van der Waals surface area contributed by atoms with Gasteiger partial charge in [0.15, 0.2) is 12.1 Å². The fourth-order valence-corrected chi connectivity index (χ4v) is 6.69. The summed E-state index contributed by atoms with van der Waals surface area (Å²) in [5.74, 6) is 0.434. The number of nitrogens with one attached hydrogen (secondary N) is 1. The highest BCUT2D eigenvalue weighted by Gasteiger charge is 2.27. The maximum atomic E-state index is 13.6. The van der Waals surface area contributed by atoms with E-state index in [0.717, 1.165) is 71.2 Å². The van der Waals surface area contributed by atoms with Crippen molar-refractivity contribution < 1.29 is 19.4 Å². The van der Waals surface area contributed by atoms with E-state index in [9.17, 15) is 14.7 Å². The molecule has 0 aliphatic carbocycles. The number of hydrogen-bond donors (Lipinski definition) is 2. The number of piperazine rings is 1. The van der Waals surface area contributed by atoms with Crippen LogP contribution >= 0.6 is 0 Å². The molecule has 48 heavy (non-hydrogen) atoms. The zero-order valence-electron chi connectivity index (χ0n) is 27.3. The predicted octanol–water partition coefficient (Wildman–Crippen LogP) is 5.96. The molecule has 5 aromatic rings. The van der Waals surface area contributed by atoms with Crippen LogP contribution in [0.2, 0.25) is 0 Å². The molecule has 7 rings (SSSR count). The largest absolute Gasteiger partial charge is 0.465 e. The molecule has 12 heteroatoms. The molecule has 2 amide bonds. The number of amides is 2. The molecule has 0 bridgehead atoms. The highest BCUT2D eigenvalue weighted by atomic mass is 16.5. The van der Waals surface area contributed by atoms with Crippen LogP contribution in [0.5, 0.6) is 0 Å². The topological polar surface area (TPSA) is 133 Å². The fourth-order valence-electron chi connectivity index (χ4n) is 6.69. The van der Waals surface area contributed by atoms with Crippen LogP contribution in [0.25, 0.3) is 33.5 Å². The van der Waals surface area contributed by atoms with E-state index in [1.54, 1.807) is 12.4 Å². The summed E-state index contributed by atoms with van der Waals surface area (Å²) < 4.78 is 8.08. The van der Waals surface area contributed by atoms with Crippen molar-refractivity contribution in [3.63, 3.8) is 0 Å². The van der Waals surface area contributed by atoms with Crippen molar-refractivity contribution in [3.8, 4) is 22.6 Å². The number of imidazole rings is 1. The second-order valence-electron chi connectivity index (χ2n) is 12.4. The molecule has 3 aromatic heterocycles. The lowest BCUT2D eigenvalue weighted by atomic mass is 9.97. The summed E-state index contributed by atoms with van der Waals surface area (Å²) in [6.07, 6.45) is 6.93. The van der Waals surface area contributed by atoms with Crippen LogP contribution in [-0.2, 0) is 11.3 Å². The van der Waals surface area contributed by atoms with Crippen LogP contribution in [0.4, 0.5) is 10.5 Å². The van der Waals surface area contributed by atoms with Gasteiger partial charge < -0.3 is 29.5 Å². The van der Waals surface area contributed by atoms with Gasteiger partial charge in [0.1, 0.15) is 11.4 Å². The van der Waals surface area contributed by atoms with Crippen LogP contribution < -0.4 is 4.90 Å². The number of rotatable bonds is 8. The molecule has 0 saturated carbocycles. The Kier molecular flexibility index (Phi) is 8.81. The van der Waals surface area contributed by atoms with Gasteiger partial charge in [-0.25, -0.2) is 14.5 Å². The van der Waals surface area contributed by atoms with E-state index < -0.39 is 6.09 Å². The number of carboxylic acid groups (broad SMARTS) is 1. The van der Waals surface area contributed by atoms with Crippen molar-refractivity contribution in [2.75, 3.05) is 44.2 Å². The number of aromatic nitrogens is 5. The summed E-state index contributed by atoms with van der Waals surface area (Å²) in [7, 11) is 0. The number of anilines is 1. The summed E-state index contributed by atoms with van der Waals surface area (Å²) in [5.41, 5.74) is 6.79. The first-order valence-corrected chi connectivity index (χ1v) is 16.6. The molecular formula is C36H40N8O4. The van der Waals surface area contributed by atoms with E-state index in [1.165, 1.54) is 4.90 Å². The number of hydrogen-bond acceptors (Lipinski definition) is 7. The van der Waals surface area contributed by atoms with E-state index in [0.29, 0.717) is 43.5 Å². The summed E-state index contributed by atoms with van der Waals surface area (Å²) >= 11 is 0. The number of fused-ring (bicyclic) bond motifs is 1. The van der Waals surface area contributed by atoms with Gasteiger partial charge in [-0.05, 0) is 74.1 Å². The van der Waals surface area contributed by atoms with Crippen molar-refractivity contribution in [1.29, 1.82) is 0 Å². The van der Waals surface area contributed by atoms with Crippen LogP contribution in [0.15, 0.2) is 67.1 Å². The van der Waals surface area contributed by atoms with Gasteiger partial charge in [0.2, 0.25) is 0 Å². The SMILES string of the molecule is CCN(Cc1cncc(-c2ccc3c(c2)c(-c2ncc(C(=O)N4CCN(c5ccccc5)CC4)[nH]2)nn3C2CCCCO2)c1C)C(=O)O. The standard InChI is InChI=1S/C36H40N8O4/c1-3-41(36(46)47)23-26-20-37-21-29(24(26)2)25-12-13-31-28(19-25)33(40-44(31)32-11-7-8-18-48-32)34-38-22-30(39-34)35(45)43-16-14-42(15-17-43)27-9-5-4-6-10-27/h4-6,9-10,12-13,19-22,32H,3,7-8,11,14-18,23H2,1-2H3,(H,38,39)(H,46,47). The molecule has 0 radical (unpaired) electrons. The average molecular weight is 649 g/mol. The van der Waals surface area contributed by atoms with Gasteiger partial charge in [0, 0.05) is 68.4 Å². The third kappa shape index (κ3) is 6.11. The first-order valence-electron chi connectivity index (χ1n) is 16.6. The number of carbonyl (C=O) groups excluding carboxylic acids is 1. The quantitative estimate of drug-likeness (QED) is 0.211. The van der Waals surface area contributed by atoms with Gasteiger partial charge in [-0.3, -0.25) is 9.78 Å². The second-order valence-corrected chi connectivity index (χ2v) is 12.4. The lowest BCUT2D eigenvalue weighted by Crippen LogP contribution is -2.48. The maximum Gasteiger partial charge on any atom is 0.407 e. The van der Waals surface area contributed by atoms with E-state index in [-0.39, 0.29) is 18.7 Å². The summed E-state index contributed by atoms with van der Waals surface area (Å²) in [4.78, 5) is 43.3. The Balaban J connectivity index is 1.20. The minimum atomic E-state index is -0.962. The monoisotopic (exact) mass is 648 g/mol. The summed E-state index contributed by atoms with van der Waals surface area (Å²) in [5, 5.41) is 15.5. The number of para-hydroxylation sites is 1. The summed E-state index contributed by atoms with van der Waals surface area (Å²) in [6.45, 7) is 7.91. The minimum absolute atomic E-state index is 0.0810. The molecule has 12 nitrogen and oxygen atoms in total. The Morgan fingerprint density at radius 1 is 1.04 bits per heavy atom. The first kappa shape index (κ1) is 31.4. The van der Waals surface area contributed by atoms with E-state index in [1.807, 2.05) is 60.0 Å². The first-order chi connectivity index (χ1) is 23.4. The van der Waals surface area contributed by atoms with Crippen LogP contribution in [0.1, 0.15) is 54.0 Å². The van der Waals surface area contributed by atoms with E-state index in [2.05, 4.69) is 38.1 Å². The molecule has 2 aliphatic rings. The fraction of sp³-hybridized carbons (Fsp3) is 0.361. The number of pyridine rings is 1. The van der Waals surface area contributed by atoms with Crippen molar-refractivity contribution in [1.82, 2.24) is 34.5 Å². The van der Waals surface area contributed by atoms with Gasteiger partial charge in [0.25, 0.3) is 5.91 Å². The molecule has 2 fully saturated rings. The van der Waals surface area contributed by atoms with Gasteiger partial charge >= 0.3 is 6.09 Å². The lowest BCUT2D eigenvalue weighted by Gasteiger charge is -2.35. The second kappa shape index (κ2) is 13.5. The zero-order valence-corrected chi connectivity index (χ0v) is 27.3. The molecular weight excluding hydrogens is 608 g/mol. The molecule has 2 aliphatic heterocycles. The van der Waals surface area contributed by atoms with Crippen molar-refractivity contribution >= 4 is 28.6 Å². The average Bonchev–Trinajstić information content (AvgIpc) is 3.77. The van der Waals surface area contributed by atoms with Crippen molar-refractivity contribution in [2.45, 2.75) is 45.9 Å². The molecule has 1 atom stereocenters. The van der Waals surface area contributed by atoms with E-state index >= 15 is 0 Å². The number of benzene rings is 2. The summed E-state index contributed by atoms with van der Waals surface area (Å²) in [6, 6.07) is 16.4. The van der Waals surface area contributed by atoms with Crippen LogP contribution in [0, 0.1) is 6.92 Å². The molecule has 248 valence electrons. The van der Waals surface area contributed by atoms with Gasteiger partial charge in [0.05, 0.1) is 18.3 Å². The Hall–Kier alpha value is -5.23. The highest BCUT2D eigenvalue weighted by Crippen LogP contribution is 2.36. The number of carbonyl (C=O) groups is 2. The zero-order chi connectivity index (χ0) is 33.2. The number of nitrogens with zero attached hydrogens (tertiary/aromatic N) is 7. The van der Waals surface area contributed by atoms with Crippen LogP contribution in [0.3, 0.4) is 0 Å². The van der Waals surface area contributed by atoms with Crippen molar-refractivity contribution in [2.24, 2.45) is 0 Å². The Labute approximate surface area is 279 Å².